The summed E-state index contributed by atoms with van der Waals surface area (Å²) < 4.78 is 0. The van der Waals surface area contributed by atoms with Gasteiger partial charge >= 0.3 is 5.97 Å². The maximum absolute atomic E-state index is 11.4. The van der Waals surface area contributed by atoms with Crippen LogP contribution in [0.5, 0.6) is 46.0 Å². The molecule has 9 N–H and O–H groups in total. The van der Waals surface area contributed by atoms with Crippen LogP contribution in [0.2, 0.25) is 0 Å². The molecule has 3 aromatic carbocycles. The van der Waals surface area contributed by atoms with Gasteiger partial charge in [-0.05, 0) is 6.07 Å². The number of rotatable bonds is 1. The zero-order valence-corrected chi connectivity index (χ0v) is 12.0. The van der Waals surface area contributed by atoms with Crippen molar-refractivity contribution >= 4 is 27.5 Å². The molecule has 0 radical (unpaired) electrons. The van der Waals surface area contributed by atoms with Crippen LogP contribution in [0.4, 0.5) is 0 Å². The Kier molecular flexibility index (Phi) is 3.04. The van der Waals surface area contributed by atoms with E-state index in [9.17, 15) is 50.8 Å². The number of phenolic OH excluding ortho intramolecular Hbond substituents is 7. The molecule has 3 aromatic rings. The molecule has 25 heavy (non-hydrogen) atoms. The molecule has 10 heteroatoms. The van der Waals surface area contributed by atoms with Gasteiger partial charge in [-0.1, -0.05) is 0 Å². The smallest absolute Gasteiger partial charge is 0.340 e. The van der Waals surface area contributed by atoms with E-state index in [2.05, 4.69) is 0 Å². The standard InChI is InChI=1S/C15H10O10/c16-3-1-2-4(8(17)12(21)9(18)5(2)15(24)25)7-6(3)10(19)13(22)14(23)11(7)20/h1,16-23H,(H,24,25). The first-order chi connectivity index (χ1) is 11.6. The fraction of sp³-hybridized carbons (Fsp3) is 0. The van der Waals surface area contributed by atoms with Gasteiger partial charge in [0.05, 0.1) is 5.39 Å². The monoisotopic (exact) mass is 350 g/mol. The Morgan fingerprint density at radius 1 is 0.600 bits per heavy atom. The molecular formula is C15H10O10. The Labute approximate surface area is 136 Å². The Morgan fingerprint density at radius 2 is 1.04 bits per heavy atom. The minimum absolute atomic E-state index is 0.509. The highest BCUT2D eigenvalue weighted by Crippen LogP contribution is 2.57. The van der Waals surface area contributed by atoms with Gasteiger partial charge in [0.25, 0.3) is 0 Å². The molecule has 3 rings (SSSR count). The molecule has 0 spiro atoms. The Bertz CT molecular complexity index is 1100. The molecule has 0 amide bonds. The fourth-order valence-corrected chi connectivity index (χ4v) is 2.74. The number of carbonyl (C=O) groups is 1. The van der Waals surface area contributed by atoms with Crippen molar-refractivity contribution in [1.29, 1.82) is 0 Å². The summed E-state index contributed by atoms with van der Waals surface area (Å²) in [4.78, 5) is 11.4. The molecule has 130 valence electrons. The topological polar surface area (TPSA) is 199 Å². The lowest BCUT2D eigenvalue weighted by Gasteiger charge is -2.16. The highest BCUT2D eigenvalue weighted by Gasteiger charge is 2.29. The molecule has 0 aliphatic heterocycles. The molecule has 0 bridgehead atoms. The first-order valence-corrected chi connectivity index (χ1v) is 6.54. The Morgan fingerprint density at radius 3 is 1.56 bits per heavy atom. The normalized spacial score (nSPS) is 11.2. The fourth-order valence-electron chi connectivity index (χ4n) is 2.74. The van der Waals surface area contributed by atoms with Gasteiger partial charge in [0, 0.05) is 16.2 Å². The molecule has 10 nitrogen and oxygen atoms in total. The molecular weight excluding hydrogens is 340 g/mol. The maximum Gasteiger partial charge on any atom is 0.340 e. The number of phenols is 8. The van der Waals surface area contributed by atoms with E-state index in [1.54, 1.807) is 0 Å². The highest BCUT2D eigenvalue weighted by atomic mass is 16.4. The van der Waals surface area contributed by atoms with Gasteiger partial charge < -0.3 is 46.0 Å². The molecule has 0 unspecified atom stereocenters. The zero-order chi connectivity index (χ0) is 18.8. The van der Waals surface area contributed by atoms with Gasteiger partial charge in [-0.15, -0.1) is 0 Å². The number of carboxylic acid groups (broad SMARTS) is 1. The third-order valence-corrected chi connectivity index (χ3v) is 3.86. The molecule has 0 aliphatic carbocycles. The van der Waals surface area contributed by atoms with Crippen LogP contribution in [0.3, 0.4) is 0 Å². The van der Waals surface area contributed by atoms with Crippen LogP contribution in [0.15, 0.2) is 6.07 Å². The predicted molar refractivity (Wildman–Crippen MR) is 81.7 cm³/mol. The van der Waals surface area contributed by atoms with Crippen molar-refractivity contribution < 1.29 is 50.8 Å². The van der Waals surface area contributed by atoms with Gasteiger partial charge in [-0.2, -0.15) is 0 Å². The van der Waals surface area contributed by atoms with Crippen LogP contribution in [0.25, 0.3) is 21.5 Å². The lowest BCUT2D eigenvalue weighted by Crippen LogP contribution is -1.99. The van der Waals surface area contributed by atoms with E-state index in [1.165, 1.54) is 0 Å². The second-order valence-corrected chi connectivity index (χ2v) is 5.19. The molecule has 0 aliphatic rings. The number of hydrogen-bond donors (Lipinski definition) is 9. The van der Waals surface area contributed by atoms with Crippen molar-refractivity contribution in [3.8, 4) is 46.0 Å². The van der Waals surface area contributed by atoms with Crippen molar-refractivity contribution in [3.05, 3.63) is 11.6 Å². The van der Waals surface area contributed by atoms with Crippen LogP contribution in [-0.2, 0) is 0 Å². The van der Waals surface area contributed by atoms with Crippen LogP contribution in [0.1, 0.15) is 10.4 Å². The molecule has 0 saturated carbocycles. The van der Waals surface area contributed by atoms with Crippen molar-refractivity contribution in [2.75, 3.05) is 0 Å². The Hall–Kier alpha value is -3.95. The van der Waals surface area contributed by atoms with Crippen LogP contribution in [-0.4, -0.2) is 51.9 Å². The van der Waals surface area contributed by atoms with Gasteiger partial charge in [-0.3, -0.25) is 0 Å². The van der Waals surface area contributed by atoms with E-state index in [0.717, 1.165) is 6.07 Å². The lowest BCUT2D eigenvalue weighted by molar-refractivity contribution is 0.0695. The largest absolute Gasteiger partial charge is 0.507 e. The van der Waals surface area contributed by atoms with Crippen molar-refractivity contribution in [2.45, 2.75) is 0 Å². The average Bonchev–Trinajstić information content (AvgIpc) is 2.54. The third kappa shape index (κ3) is 1.81. The summed E-state index contributed by atoms with van der Waals surface area (Å²) in [6, 6.07) is 0.732. The minimum atomic E-state index is -1.73. The SMILES string of the molecule is O=C(O)c1c(O)c(O)c(O)c2c1cc(O)c1c(O)c(O)c(O)c(O)c12. The highest BCUT2D eigenvalue weighted by molar-refractivity contribution is 6.23. The van der Waals surface area contributed by atoms with Crippen molar-refractivity contribution in [1.82, 2.24) is 0 Å². The van der Waals surface area contributed by atoms with Crippen LogP contribution in [0, 0.1) is 0 Å². The average molecular weight is 350 g/mol. The van der Waals surface area contributed by atoms with Gasteiger partial charge in [-0.25, -0.2) is 4.79 Å². The summed E-state index contributed by atoms with van der Waals surface area (Å²) in [6.07, 6.45) is 0. The van der Waals surface area contributed by atoms with Crippen LogP contribution < -0.4 is 0 Å². The predicted octanol–water partition coefficient (Wildman–Crippen LogP) is 1.34. The third-order valence-electron chi connectivity index (χ3n) is 3.86. The number of aromatic carboxylic acids is 1. The van der Waals surface area contributed by atoms with Gasteiger partial charge in [0.1, 0.15) is 11.3 Å². The second kappa shape index (κ2) is 4.77. The lowest BCUT2D eigenvalue weighted by atomic mass is 9.94. The quantitative estimate of drug-likeness (QED) is 0.175. The number of benzene rings is 3. The summed E-state index contributed by atoms with van der Waals surface area (Å²) in [5.41, 5.74) is -0.908. The Balaban J connectivity index is 2.82. The van der Waals surface area contributed by atoms with E-state index in [0.29, 0.717) is 0 Å². The second-order valence-electron chi connectivity index (χ2n) is 5.19. The van der Waals surface area contributed by atoms with Crippen molar-refractivity contribution in [2.24, 2.45) is 0 Å². The first-order valence-electron chi connectivity index (χ1n) is 6.54. The molecule has 0 fully saturated rings. The number of carboxylic acids is 1. The van der Waals surface area contributed by atoms with E-state index >= 15 is 0 Å². The van der Waals surface area contributed by atoms with Crippen molar-refractivity contribution in [3.63, 3.8) is 0 Å². The van der Waals surface area contributed by atoms with Crippen LogP contribution >= 0.6 is 0 Å². The molecule has 0 aromatic heterocycles. The number of hydrogen-bond acceptors (Lipinski definition) is 9. The molecule has 0 heterocycles. The summed E-state index contributed by atoms with van der Waals surface area (Å²) in [5, 5.41) is 85.7. The van der Waals surface area contributed by atoms with Gasteiger partial charge in [0.2, 0.25) is 17.2 Å². The molecule has 0 saturated heterocycles. The summed E-state index contributed by atoms with van der Waals surface area (Å²) in [5.74, 6) is -10.6. The zero-order valence-electron chi connectivity index (χ0n) is 12.0. The number of aromatic hydroxyl groups is 8. The van der Waals surface area contributed by atoms with E-state index in [4.69, 9.17) is 0 Å². The minimum Gasteiger partial charge on any atom is -0.507 e. The van der Waals surface area contributed by atoms with E-state index in [-0.39, 0.29) is 0 Å². The number of fused-ring (bicyclic) bond motifs is 3. The summed E-state index contributed by atoms with van der Waals surface area (Å²) in [7, 11) is 0. The summed E-state index contributed by atoms with van der Waals surface area (Å²) in [6.45, 7) is 0. The first kappa shape index (κ1) is 15.9. The van der Waals surface area contributed by atoms with E-state index in [1.807, 2.05) is 0 Å². The maximum atomic E-state index is 11.4. The molecule has 0 atom stereocenters. The van der Waals surface area contributed by atoms with Gasteiger partial charge in [0.15, 0.2) is 23.0 Å². The summed E-state index contributed by atoms with van der Waals surface area (Å²) >= 11 is 0. The van der Waals surface area contributed by atoms with E-state index < -0.39 is 79.1 Å².